The minimum absolute atomic E-state index is 0.303. The fraction of sp³-hybridized carbons (Fsp3) is 0.591. The van der Waals surface area contributed by atoms with E-state index in [2.05, 4.69) is 33.8 Å². The van der Waals surface area contributed by atoms with Crippen LogP contribution < -0.4 is 5.73 Å². The second-order valence-corrected chi connectivity index (χ2v) is 10.8. The summed E-state index contributed by atoms with van der Waals surface area (Å²) in [6.45, 7) is 8.90. The van der Waals surface area contributed by atoms with E-state index in [-0.39, 0.29) is 0 Å². The van der Waals surface area contributed by atoms with Crippen molar-refractivity contribution in [2.24, 2.45) is 11.1 Å². The Hall–Kier alpha value is -1.26. The Labute approximate surface area is 161 Å². The van der Waals surface area contributed by atoms with Crippen molar-refractivity contribution in [3.8, 4) is 0 Å². The molecule has 1 heterocycles. The van der Waals surface area contributed by atoms with E-state index in [4.69, 9.17) is 5.73 Å². The van der Waals surface area contributed by atoms with Crippen molar-refractivity contribution in [3.05, 3.63) is 41.0 Å². The standard InChI is InChI=1S/C22H31NO2S/c1-14-12-22(25,13-15(2)26-14)17-5-6-18(20(23)24)19(11-17)16-7-9-21(3,4)10-8-16/h5-7,11,14-15,25H,8-10,12-13H2,1-4H3,(H2,23,24). The molecular weight excluding hydrogens is 342 g/mol. The number of hydrogen-bond donors (Lipinski definition) is 2. The Bertz CT molecular complexity index is 728. The van der Waals surface area contributed by atoms with Gasteiger partial charge in [0.05, 0.1) is 5.60 Å². The molecule has 0 aromatic heterocycles. The topological polar surface area (TPSA) is 63.3 Å². The van der Waals surface area contributed by atoms with Crippen molar-refractivity contribution >= 4 is 23.2 Å². The van der Waals surface area contributed by atoms with Gasteiger partial charge in [0.1, 0.15) is 0 Å². The van der Waals surface area contributed by atoms with Crippen molar-refractivity contribution in [3.63, 3.8) is 0 Å². The zero-order chi connectivity index (χ0) is 19.1. The first-order chi connectivity index (χ1) is 12.1. The lowest BCUT2D eigenvalue weighted by Gasteiger charge is -2.39. The highest BCUT2D eigenvalue weighted by Crippen LogP contribution is 2.45. The number of nitrogens with two attached hydrogens (primary N) is 1. The van der Waals surface area contributed by atoms with Crippen LogP contribution in [-0.2, 0) is 5.60 Å². The number of thioether (sulfide) groups is 1. The fourth-order valence-corrected chi connectivity index (χ4v) is 5.94. The molecule has 1 aliphatic carbocycles. The van der Waals surface area contributed by atoms with E-state index in [0.29, 0.717) is 21.5 Å². The molecular formula is C22H31NO2S. The van der Waals surface area contributed by atoms with E-state index in [9.17, 15) is 9.90 Å². The molecule has 1 saturated heterocycles. The molecule has 1 aromatic carbocycles. The maximum Gasteiger partial charge on any atom is 0.249 e. The number of carbonyl (C=O) groups excluding carboxylic acids is 1. The van der Waals surface area contributed by atoms with Crippen molar-refractivity contribution in [1.82, 2.24) is 0 Å². The molecule has 0 bridgehead atoms. The van der Waals surface area contributed by atoms with Crippen LogP contribution in [0.5, 0.6) is 0 Å². The van der Waals surface area contributed by atoms with Gasteiger partial charge in [0, 0.05) is 16.1 Å². The van der Waals surface area contributed by atoms with Crippen LogP contribution in [0.2, 0.25) is 0 Å². The minimum atomic E-state index is -0.830. The summed E-state index contributed by atoms with van der Waals surface area (Å²) in [6, 6.07) is 5.73. The molecule has 3 nitrogen and oxygen atoms in total. The molecule has 1 amide bonds. The third-order valence-electron chi connectivity index (χ3n) is 5.86. The summed E-state index contributed by atoms with van der Waals surface area (Å²) in [7, 11) is 0. The maximum absolute atomic E-state index is 12.0. The fourth-order valence-electron chi connectivity index (χ4n) is 4.40. The monoisotopic (exact) mass is 373 g/mol. The highest BCUT2D eigenvalue weighted by atomic mass is 32.2. The summed E-state index contributed by atoms with van der Waals surface area (Å²) in [5.74, 6) is -0.398. The largest absolute Gasteiger partial charge is 0.385 e. The Kier molecular flexibility index (Phi) is 5.28. The molecule has 26 heavy (non-hydrogen) atoms. The van der Waals surface area contributed by atoms with Crippen LogP contribution >= 0.6 is 11.8 Å². The van der Waals surface area contributed by atoms with Gasteiger partial charge in [0.25, 0.3) is 0 Å². The zero-order valence-electron chi connectivity index (χ0n) is 16.3. The molecule has 4 heteroatoms. The van der Waals surface area contributed by atoms with Gasteiger partial charge in [-0.05, 0) is 66.4 Å². The maximum atomic E-state index is 12.0. The lowest BCUT2D eigenvalue weighted by Crippen LogP contribution is -2.37. The number of hydrogen-bond acceptors (Lipinski definition) is 3. The lowest BCUT2D eigenvalue weighted by molar-refractivity contribution is 0.0157. The summed E-state index contributed by atoms with van der Waals surface area (Å²) in [4.78, 5) is 12.0. The molecule has 1 fully saturated rings. The molecule has 0 spiro atoms. The van der Waals surface area contributed by atoms with Crippen LogP contribution in [0, 0.1) is 5.41 Å². The SMILES string of the molecule is CC1CC(O)(c2ccc(C(N)=O)c(C3=CCC(C)(C)CC3)c2)CC(C)S1. The molecule has 0 saturated carbocycles. The van der Waals surface area contributed by atoms with Crippen LogP contribution in [-0.4, -0.2) is 21.5 Å². The number of benzene rings is 1. The van der Waals surface area contributed by atoms with E-state index in [1.807, 2.05) is 30.0 Å². The predicted octanol–water partition coefficient (Wildman–Crippen LogP) is 4.87. The van der Waals surface area contributed by atoms with Crippen molar-refractivity contribution in [2.75, 3.05) is 0 Å². The summed E-state index contributed by atoms with van der Waals surface area (Å²) in [5, 5.41) is 12.2. The third kappa shape index (κ3) is 4.01. The van der Waals surface area contributed by atoms with Gasteiger partial charge in [-0.3, -0.25) is 4.79 Å². The van der Waals surface area contributed by atoms with Crippen molar-refractivity contribution in [2.45, 2.75) is 75.9 Å². The number of aliphatic hydroxyl groups is 1. The minimum Gasteiger partial charge on any atom is -0.385 e. The van der Waals surface area contributed by atoms with Gasteiger partial charge >= 0.3 is 0 Å². The molecule has 1 aromatic rings. The van der Waals surface area contributed by atoms with Crippen LogP contribution in [0.1, 0.15) is 81.3 Å². The molecule has 2 aliphatic rings. The van der Waals surface area contributed by atoms with Crippen molar-refractivity contribution < 1.29 is 9.90 Å². The van der Waals surface area contributed by atoms with E-state index >= 15 is 0 Å². The molecule has 2 atom stereocenters. The average Bonchev–Trinajstić information content (AvgIpc) is 2.53. The summed E-state index contributed by atoms with van der Waals surface area (Å²) in [6.07, 6.45) is 6.77. The van der Waals surface area contributed by atoms with Gasteiger partial charge in [0.15, 0.2) is 0 Å². The highest BCUT2D eigenvalue weighted by molar-refractivity contribution is 8.00. The Balaban J connectivity index is 2.02. The summed E-state index contributed by atoms with van der Waals surface area (Å²) in [5.41, 5.74) is 8.71. The van der Waals surface area contributed by atoms with Crippen LogP contribution in [0.4, 0.5) is 0 Å². The number of carbonyl (C=O) groups is 1. The highest BCUT2D eigenvalue weighted by Gasteiger charge is 2.38. The quantitative estimate of drug-likeness (QED) is 0.794. The molecule has 2 unspecified atom stereocenters. The van der Waals surface area contributed by atoms with E-state index in [1.165, 1.54) is 5.57 Å². The average molecular weight is 374 g/mol. The smallest absolute Gasteiger partial charge is 0.249 e. The van der Waals surface area contributed by atoms with Crippen LogP contribution in [0.25, 0.3) is 5.57 Å². The first-order valence-electron chi connectivity index (χ1n) is 9.61. The van der Waals surface area contributed by atoms with Gasteiger partial charge in [-0.25, -0.2) is 0 Å². The first kappa shape index (κ1) is 19.5. The Morgan fingerprint density at radius 2 is 1.88 bits per heavy atom. The van der Waals surface area contributed by atoms with Gasteiger partial charge < -0.3 is 10.8 Å². The normalized spacial score (nSPS) is 31.3. The van der Waals surface area contributed by atoms with E-state index < -0.39 is 11.5 Å². The van der Waals surface area contributed by atoms with Gasteiger partial charge in [-0.1, -0.05) is 39.8 Å². The summed E-state index contributed by atoms with van der Waals surface area (Å²) < 4.78 is 0. The van der Waals surface area contributed by atoms with Gasteiger partial charge in [-0.2, -0.15) is 11.8 Å². The second kappa shape index (κ2) is 7.05. The number of allylic oxidation sites excluding steroid dienone is 2. The second-order valence-electron chi connectivity index (χ2n) is 8.92. The molecule has 3 N–H and O–H groups in total. The number of rotatable bonds is 3. The Morgan fingerprint density at radius 3 is 2.42 bits per heavy atom. The van der Waals surface area contributed by atoms with Crippen LogP contribution in [0.15, 0.2) is 24.3 Å². The van der Waals surface area contributed by atoms with Crippen molar-refractivity contribution in [1.29, 1.82) is 0 Å². The van der Waals surface area contributed by atoms with Gasteiger partial charge in [0.2, 0.25) is 5.91 Å². The number of amides is 1. The molecule has 142 valence electrons. The van der Waals surface area contributed by atoms with E-state index in [0.717, 1.165) is 43.2 Å². The molecule has 0 radical (unpaired) electrons. The predicted molar refractivity (Wildman–Crippen MR) is 110 cm³/mol. The van der Waals surface area contributed by atoms with E-state index in [1.54, 1.807) is 0 Å². The van der Waals surface area contributed by atoms with Gasteiger partial charge in [-0.15, -0.1) is 0 Å². The lowest BCUT2D eigenvalue weighted by atomic mass is 9.75. The Morgan fingerprint density at radius 1 is 1.23 bits per heavy atom. The third-order valence-corrected chi connectivity index (χ3v) is 7.12. The number of primary amides is 1. The van der Waals surface area contributed by atoms with Crippen LogP contribution in [0.3, 0.4) is 0 Å². The first-order valence-corrected chi connectivity index (χ1v) is 10.6. The molecule has 1 aliphatic heterocycles. The zero-order valence-corrected chi connectivity index (χ0v) is 17.2. The summed E-state index contributed by atoms with van der Waals surface area (Å²) >= 11 is 1.93. The molecule has 3 rings (SSSR count).